The molecule has 1 aliphatic heterocycles. The van der Waals surface area contributed by atoms with Gasteiger partial charge in [0.25, 0.3) is 5.91 Å². The monoisotopic (exact) mass is 482 g/mol. The molecule has 3 aromatic rings. The number of likely N-dealkylation sites (tertiary alicyclic amines) is 1. The van der Waals surface area contributed by atoms with Crippen LogP contribution < -0.4 is 10.1 Å². The fourth-order valence-electron chi connectivity index (χ4n) is 4.30. The highest BCUT2D eigenvalue weighted by Crippen LogP contribution is 2.18. The first kappa shape index (κ1) is 24.1. The van der Waals surface area contributed by atoms with E-state index < -0.39 is 0 Å². The number of hydrogen-bond acceptors (Lipinski definition) is 4. The first-order valence-electron chi connectivity index (χ1n) is 12.0. The molecule has 34 heavy (non-hydrogen) atoms. The summed E-state index contributed by atoms with van der Waals surface area (Å²) in [6, 6.07) is 14.8. The highest BCUT2D eigenvalue weighted by molar-refractivity contribution is 6.30. The number of aryl methyl sites for hydroxylation is 1. The van der Waals surface area contributed by atoms with Gasteiger partial charge in [0.15, 0.2) is 6.61 Å². The topological polar surface area (TPSA) is 76.5 Å². The van der Waals surface area contributed by atoms with Crippen molar-refractivity contribution in [3.8, 4) is 5.75 Å². The van der Waals surface area contributed by atoms with Crippen molar-refractivity contribution in [1.29, 1.82) is 0 Å². The lowest BCUT2D eigenvalue weighted by Crippen LogP contribution is -2.33. The number of carbonyl (C=O) groups is 2. The molecule has 1 fully saturated rings. The van der Waals surface area contributed by atoms with Crippen molar-refractivity contribution in [2.24, 2.45) is 0 Å². The Morgan fingerprint density at radius 1 is 1.00 bits per heavy atom. The SMILES string of the molecule is O=C(COc1ccc(Cl)cc1)NCCc1nc2ccccc2n1CCC(=O)N1CCCCCC1. The van der Waals surface area contributed by atoms with Gasteiger partial charge in [-0.3, -0.25) is 9.59 Å². The number of rotatable bonds is 9. The minimum Gasteiger partial charge on any atom is -0.484 e. The van der Waals surface area contributed by atoms with Crippen molar-refractivity contribution in [1.82, 2.24) is 19.8 Å². The van der Waals surface area contributed by atoms with E-state index in [1.54, 1.807) is 24.3 Å². The zero-order chi connectivity index (χ0) is 23.8. The highest BCUT2D eigenvalue weighted by Gasteiger charge is 2.17. The lowest BCUT2D eigenvalue weighted by atomic mass is 10.2. The summed E-state index contributed by atoms with van der Waals surface area (Å²) in [6.45, 7) is 2.67. The van der Waals surface area contributed by atoms with E-state index in [-0.39, 0.29) is 18.4 Å². The second-order valence-corrected chi connectivity index (χ2v) is 8.99. The van der Waals surface area contributed by atoms with E-state index in [1.165, 1.54) is 12.8 Å². The number of ether oxygens (including phenoxy) is 1. The van der Waals surface area contributed by atoms with Crippen LogP contribution in [-0.4, -0.2) is 52.5 Å². The average Bonchev–Trinajstić information content (AvgIpc) is 2.99. The normalized spacial score (nSPS) is 14.1. The van der Waals surface area contributed by atoms with Crippen molar-refractivity contribution in [2.75, 3.05) is 26.2 Å². The number of nitrogens with zero attached hydrogens (tertiary/aromatic N) is 3. The quantitative estimate of drug-likeness (QED) is 0.495. The number of amides is 2. The first-order chi connectivity index (χ1) is 16.6. The predicted molar refractivity (Wildman–Crippen MR) is 133 cm³/mol. The van der Waals surface area contributed by atoms with Gasteiger partial charge in [-0.2, -0.15) is 0 Å². The zero-order valence-corrected chi connectivity index (χ0v) is 20.1. The summed E-state index contributed by atoms with van der Waals surface area (Å²) in [5.74, 6) is 1.46. The molecule has 1 N–H and O–H groups in total. The Morgan fingerprint density at radius 2 is 1.74 bits per heavy atom. The summed E-state index contributed by atoms with van der Waals surface area (Å²) in [6.07, 6.45) is 5.61. The summed E-state index contributed by atoms with van der Waals surface area (Å²) in [7, 11) is 0. The van der Waals surface area contributed by atoms with Crippen molar-refractivity contribution < 1.29 is 14.3 Å². The Bertz CT molecular complexity index is 1100. The molecule has 0 spiro atoms. The fraction of sp³-hybridized carbons (Fsp3) is 0.423. The van der Waals surface area contributed by atoms with Crippen LogP contribution in [0.15, 0.2) is 48.5 Å². The molecule has 7 nitrogen and oxygen atoms in total. The Labute approximate surface area is 205 Å². The van der Waals surface area contributed by atoms with Crippen molar-refractivity contribution in [3.05, 3.63) is 59.4 Å². The van der Waals surface area contributed by atoms with Gasteiger partial charge in [0.1, 0.15) is 11.6 Å². The van der Waals surface area contributed by atoms with Crippen molar-refractivity contribution >= 4 is 34.4 Å². The Morgan fingerprint density at radius 3 is 2.50 bits per heavy atom. The number of halogens is 1. The number of carbonyl (C=O) groups excluding carboxylic acids is 2. The Hall–Kier alpha value is -3.06. The average molecular weight is 483 g/mol. The van der Waals surface area contributed by atoms with E-state index in [0.29, 0.717) is 36.7 Å². The van der Waals surface area contributed by atoms with E-state index in [2.05, 4.69) is 9.88 Å². The molecule has 0 unspecified atom stereocenters. The minimum atomic E-state index is -0.200. The van der Waals surface area contributed by atoms with Gasteiger partial charge < -0.3 is 19.5 Å². The van der Waals surface area contributed by atoms with Gasteiger partial charge in [0, 0.05) is 44.0 Å². The standard InChI is InChI=1S/C26H31ClN4O3/c27-20-9-11-21(12-10-20)34-19-25(32)28-15-13-24-29-22-7-3-4-8-23(22)31(24)18-14-26(33)30-16-5-1-2-6-17-30/h3-4,7-12H,1-2,5-6,13-19H2,(H,28,32). The van der Waals surface area contributed by atoms with Gasteiger partial charge in [0.05, 0.1) is 11.0 Å². The predicted octanol–water partition coefficient (Wildman–Crippen LogP) is 4.22. The third kappa shape index (κ3) is 6.50. The molecule has 1 saturated heterocycles. The van der Waals surface area contributed by atoms with Crippen LogP contribution in [-0.2, 0) is 22.6 Å². The number of hydrogen-bond donors (Lipinski definition) is 1. The van der Waals surface area contributed by atoms with Crippen LogP contribution in [0.1, 0.15) is 37.9 Å². The molecule has 1 aromatic heterocycles. The van der Waals surface area contributed by atoms with E-state index >= 15 is 0 Å². The van der Waals surface area contributed by atoms with E-state index in [0.717, 1.165) is 42.8 Å². The number of benzene rings is 2. The maximum atomic E-state index is 12.8. The molecule has 2 aromatic carbocycles. The van der Waals surface area contributed by atoms with Gasteiger partial charge in [-0.15, -0.1) is 0 Å². The first-order valence-corrected chi connectivity index (χ1v) is 12.3. The molecule has 8 heteroatoms. The molecular weight excluding hydrogens is 452 g/mol. The van der Waals surface area contributed by atoms with Crippen molar-refractivity contribution in [2.45, 2.75) is 45.1 Å². The number of imidazole rings is 1. The molecular formula is C26H31ClN4O3. The smallest absolute Gasteiger partial charge is 0.257 e. The van der Waals surface area contributed by atoms with Crippen LogP contribution in [0.4, 0.5) is 0 Å². The minimum absolute atomic E-state index is 0.0671. The number of fused-ring (bicyclic) bond motifs is 1. The molecule has 4 rings (SSSR count). The largest absolute Gasteiger partial charge is 0.484 e. The van der Waals surface area contributed by atoms with E-state index in [4.69, 9.17) is 21.3 Å². The van der Waals surface area contributed by atoms with Crippen LogP contribution in [0.3, 0.4) is 0 Å². The van der Waals surface area contributed by atoms with Crippen LogP contribution in [0.5, 0.6) is 5.75 Å². The van der Waals surface area contributed by atoms with Crippen LogP contribution in [0.25, 0.3) is 11.0 Å². The third-order valence-corrected chi connectivity index (χ3v) is 6.35. The molecule has 0 bridgehead atoms. The zero-order valence-electron chi connectivity index (χ0n) is 19.3. The molecule has 2 amide bonds. The maximum Gasteiger partial charge on any atom is 0.257 e. The van der Waals surface area contributed by atoms with Gasteiger partial charge in [-0.25, -0.2) is 4.98 Å². The Balaban J connectivity index is 1.32. The summed E-state index contributed by atoms with van der Waals surface area (Å²) in [4.78, 5) is 31.8. The molecule has 1 aliphatic rings. The summed E-state index contributed by atoms with van der Waals surface area (Å²) < 4.78 is 7.61. The number of aromatic nitrogens is 2. The second-order valence-electron chi connectivity index (χ2n) is 8.56. The molecule has 0 radical (unpaired) electrons. The van der Waals surface area contributed by atoms with Crippen molar-refractivity contribution in [3.63, 3.8) is 0 Å². The fourth-order valence-corrected chi connectivity index (χ4v) is 4.42. The number of nitrogens with one attached hydrogen (secondary N) is 1. The molecule has 2 heterocycles. The molecule has 0 atom stereocenters. The van der Waals surface area contributed by atoms with Crippen LogP contribution in [0, 0.1) is 0 Å². The molecule has 0 saturated carbocycles. The van der Waals surface area contributed by atoms with Gasteiger partial charge in [-0.05, 0) is 49.2 Å². The maximum absolute atomic E-state index is 12.8. The van der Waals surface area contributed by atoms with Crippen LogP contribution >= 0.6 is 11.6 Å². The third-order valence-electron chi connectivity index (χ3n) is 6.10. The lowest BCUT2D eigenvalue weighted by Gasteiger charge is -2.20. The number of para-hydroxylation sites is 2. The highest BCUT2D eigenvalue weighted by atomic mass is 35.5. The lowest BCUT2D eigenvalue weighted by molar-refractivity contribution is -0.131. The van der Waals surface area contributed by atoms with Gasteiger partial charge in [-0.1, -0.05) is 36.6 Å². The Kier molecular flexibility index (Phi) is 8.41. The second kappa shape index (κ2) is 11.9. The van der Waals surface area contributed by atoms with Gasteiger partial charge >= 0.3 is 0 Å². The van der Waals surface area contributed by atoms with Gasteiger partial charge in [0.2, 0.25) is 5.91 Å². The van der Waals surface area contributed by atoms with E-state index in [1.807, 2.05) is 29.2 Å². The molecule has 0 aliphatic carbocycles. The van der Waals surface area contributed by atoms with Crippen LogP contribution in [0.2, 0.25) is 5.02 Å². The molecule has 180 valence electrons. The summed E-state index contributed by atoms with van der Waals surface area (Å²) >= 11 is 5.87. The summed E-state index contributed by atoms with van der Waals surface area (Å²) in [5, 5.41) is 3.51. The summed E-state index contributed by atoms with van der Waals surface area (Å²) in [5.41, 5.74) is 1.91. The van der Waals surface area contributed by atoms with E-state index in [9.17, 15) is 9.59 Å².